The summed E-state index contributed by atoms with van der Waals surface area (Å²) in [4.78, 5) is 33.4. The highest BCUT2D eigenvalue weighted by molar-refractivity contribution is 6.17. The topological polar surface area (TPSA) is 105 Å². The summed E-state index contributed by atoms with van der Waals surface area (Å²) in [5, 5.41) is 10.6. The number of carbonyl (C=O) groups is 2. The van der Waals surface area contributed by atoms with Gasteiger partial charge in [0.15, 0.2) is 6.07 Å². The summed E-state index contributed by atoms with van der Waals surface area (Å²) in [6, 6.07) is 10.4. The van der Waals surface area contributed by atoms with Crippen LogP contribution in [0.15, 0.2) is 48.5 Å². The number of nitrogens with zero attached hydrogens (tertiary/aromatic N) is 1. The molecule has 2 rings (SSSR count). The molecule has 0 bridgehead atoms. The van der Waals surface area contributed by atoms with E-state index in [0.29, 0.717) is 0 Å². The number of rotatable bonds is 5. The zero-order valence-electron chi connectivity index (χ0n) is 12.0. The highest BCUT2D eigenvalue weighted by Crippen LogP contribution is 2.21. The molecular formula is C15H10ClNO7. The number of nitro benzene ring substituents is 1. The Morgan fingerprint density at radius 2 is 1.71 bits per heavy atom. The second-order valence-corrected chi connectivity index (χ2v) is 4.46. The molecule has 2 aromatic rings. The fourth-order valence-electron chi connectivity index (χ4n) is 1.69. The van der Waals surface area contributed by atoms with Crippen LogP contribution in [0, 0.1) is 10.1 Å². The highest BCUT2D eigenvalue weighted by atomic mass is 35.5. The van der Waals surface area contributed by atoms with Gasteiger partial charge >= 0.3 is 12.1 Å². The Bertz CT molecular complexity index is 761. The number of hydrogen-bond donors (Lipinski definition) is 0. The van der Waals surface area contributed by atoms with E-state index in [2.05, 4.69) is 4.74 Å². The minimum atomic E-state index is -1.12. The van der Waals surface area contributed by atoms with Crippen LogP contribution in [0.5, 0.6) is 11.5 Å². The summed E-state index contributed by atoms with van der Waals surface area (Å²) in [5.74, 6) is -0.783. The number of esters is 1. The van der Waals surface area contributed by atoms with Gasteiger partial charge in [0.1, 0.15) is 17.1 Å². The van der Waals surface area contributed by atoms with Crippen molar-refractivity contribution in [1.82, 2.24) is 0 Å². The summed E-state index contributed by atoms with van der Waals surface area (Å²) < 4.78 is 14.5. The van der Waals surface area contributed by atoms with Gasteiger partial charge in [-0.3, -0.25) is 10.1 Å². The molecule has 8 nitrogen and oxygen atoms in total. The van der Waals surface area contributed by atoms with Crippen LogP contribution >= 0.6 is 11.6 Å². The van der Waals surface area contributed by atoms with Crippen LogP contribution in [0.1, 0.15) is 10.4 Å². The van der Waals surface area contributed by atoms with E-state index in [4.69, 9.17) is 21.1 Å². The van der Waals surface area contributed by atoms with E-state index in [1.54, 1.807) is 12.1 Å². The van der Waals surface area contributed by atoms with Crippen molar-refractivity contribution in [2.24, 2.45) is 0 Å². The number of hydrogen-bond acceptors (Lipinski definition) is 7. The molecule has 0 aliphatic heterocycles. The third kappa shape index (κ3) is 4.43. The lowest BCUT2D eigenvalue weighted by molar-refractivity contribution is -0.384. The molecule has 0 N–H and O–H groups in total. The van der Waals surface area contributed by atoms with Gasteiger partial charge in [-0.15, -0.1) is 0 Å². The first-order valence-electron chi connectivity index (χ1n) is 6.47. The molecule has 124 valence electrons. The first-order chi connectivity index (χ1) is 11.5. The van der Waals surface area contributed by atoms with Gasteiger partial charge in [0.2, 0.25) is 0 Å². The maximum Gasteiger partial charge on any atom is 0.519 e. The second kappa shape index (κ2) is 7.93. The Labute approximate surface area is 140 Å². The number of halogens is 1. The summed E-state index contributed by atoms with van der Waals surface area (Å²) in [6.45, 7) is 0. The first kappa shape index (κ1) is 17.2. The van der Waals surface area contributed by atoms with Crippen LogP contribution in [0.25, 0.3) is 0 Å². The van der Waals surface area contributed by atoms with E-state index < -0.39 is 17.0 Å². The van der Waals surface area contributed by atoms with Gasteiger partial charge in [-0.1, -0.05) is 23.7 Å². The second-order valence-electron chi connectivity index (χ2n) is 4.24. The number of benzene rings is 2. The number of carbonyl (C=O) groups excluding carboxylic acids is 2. The summed E-state index contributed by atoms with van der Waals surface area (Å²) in [7, 11) is 0. The molecular weight excluding hydrogens is 342 g/mol. The quantitative estimate of drug-likeness (QED) is 0.267. The molecule has 0 aliphatic rings. The Balaban J connectivity index is 2.07. The van der Waals surface area contributed by atoms with Crippen LogP contribution in [0.3, 0.4) is 0 Å². The zero-order valence-corrected chi connectivity index (χ0v) is 12.8. The van der Waals surface area contributed by atoms with Gasteiger partial charge in [-0.05, 0) is 24.3 Å². The van der Waals surface area contributed by atoms with E-state index in [-0.39, 0.29) is 28.8 Å². The summed E-state index contributed by atoms with van der Waals surface area (Å²) in [5.41, 5.74) is -0.149. The largest absolute Gasteiger partial charge is 0.519 e. The van der Waals surface area contributed by atoms with Gasteiger partial charge in [0.25, 0.3) is 5.69 Å². The third-order valence-corrected chi connectivity index (χ3v) is 2.84. The molecule has 0 aromatic heterocycles. The average Bonchev–Trinajstić information content (AvgIpc) is 2.56. The molecule has 9 heteroatoms. The smallest absolute Gasteiger partial charge is 0.446 e. The van der Waals surface area contributed by atoms with Gasteiger partial charge in [-0.2, -0.15) is 0 Å². The Kier molecular flexibility index (Phi) is 5.69. The number of alkyl halides is 1. The number of ether oxygens (including phenoxy) is 3. The Morgan fingerprint density at radius 3 is 2.33 bits per heavy atom. The maximum atomic E-state index is 11.8. The number of nitro groups is 1. The molecule has 0 spiro atoms. The highest BCUT2D eigenvalue weighted by Gasteiger charge is 2.17. The van der Waals surface area contributed by atoms with E-state index in [1.165, 1.54) is 36.4 Å². The van der Waals surface area contributed by atoms with E-state index >= 15 is 0 Å². The molecule has 0 saturated carbocycles. The lowest BCUT2D eigenvalue weighted by Gasteiger charge is -2.09. The predicted molar refractivity (Wildman–Crippen MR) is 82.3 cm³/mol. The van der Waals surface area contributed by atoms with Crippen molar-refractivity contribution in [3.8, 4) is 11.5 Å². The van der Waals surface area contributed by atoms with E-state index in [9.17, 15) is 19.7 Å². The van der Waals surface area contributed by atoms with Crippen LogP contribution in [-0.2, 0) is 4.74 Å². The molecule has 24 heavy (non-hydrogen) atoms. The fourth-order valence-corrected chi connectivity index (χ4v) is 1.79. The normalized spacial score (nSPS) is 9.88. The molecule has 0 radical (unpaired) electrons. The standard InChI is InChI=1S/C15H10ClNO7/c16-9-22-14(18)12-3-1-2-4-13(12)24-15(19)23-11-7-5-10(6-8-11)17(20)21/h1-8H,9H2. The minimum absolute atomic E-state index is 0.00111. The van der Waals surface area contributed by atoms with E-state index in [0.717, 1.165) is 0 Å². The number of para-hydroxylation sites is 1. The molecule has 0 fully saturated rings. The van der Waals surface area contributed by atoms with Crippen molar-refractivity contribution in [2.75, 3.05) is 6.07 Å². The summed E-state index contributed by atoms with van der Waals surface area (Å²) in [6.07, 6.45) is -1.12. The molecule has 2 aromatic carbocycles. The lowest BCUT2D eigenvalue weighted by Crippen LogP contribution is -2.16. The van der Waals surface area contributed by atoms with Crippen molar-refractivity contribution < 1.29 is 28.7 Å². The fraction of sp³-hybridized carbons (Fsp3) is 0.0667. The van der Waals surface area contributed by atoms with Crippen LogP contribution in [0.2, 0.25) is 0 Å². The molecule has 0 saturated heterocycles. The van der Waals surface area contributed by atoms with Crippen molar-refractivity contribution >= 4 is 29.4 Å². The van der Waals surface area contributed by atoms with Gasteiger partial charge < -0.3 is 14.2 Å². The van der Waals surface area contributed by atoms with E-state index in [1.807, 2.05) is 0 Å². The monoisotopic (exact) mass is 351 g/mol. The van der Waals surface area contributed by atoms with Crippen LogP contribution in [-0.4, -0.2) is 23.1 Å². The SMILES string of the molecule is O=C(Oc1ccc([N+](=O)[O-])cc1)Oc1ccccc1C(=O)OCCl. The van der Waals surface area contributed by atoms with Crippen LogP contribution < -0.4 is 9.47 Å². The lowest BCUT2D eigenvalue weighted by atomic mass is 10.2. The minimum Gasteiger partial charge on any atom is -0.446 e. The average molecular weight is 352 g/mol. The Hall–Kier alpha value is -3.13. The maximum absolute atomic E-state index is 11.8. The number of non-ortho nitro benzene ring substituents is 1. The van der Waals surface area contributed by atoms with Gasteiger partial charge in [-0.25, -0.2) is 9.59 Å². The van der Waals surface area contributed by atoms with Gasteiger partial charge in [0.05, 0.1) is 4.92 Å². The summed E-state index contributed by atoms with van der Waals surface area (Å²) >= 11 is 5.32. The molecule has 0 aliphatic carbocycles. The third-order valence-electron chi connectivity index (χ3n) is 2.73. The molecule has 0 unspecified atom stereocenters. The van der Waals surface area contributed by atoms with Crippen molar-refractivity contribution in [3.05, 3.63) is 64.2 Å². The van der Waals surface area contributed by atoms with Crippen LogP contribution in [0.4, 0.5) is 10.5 Å². The molecule has 0 heterocycles. The first-order valence-corrected chi connectivity index (χ1v) is 7.01. The van der Waals surface area contributed by atoms with Crippen molar-refractivity contribution in [2.45, 2.75) is 0 Å². The predicted octanol–water partition coefficient (Wildman–Crippen LogP) is 3.53. The zero-order chi connectivity index (χ0) is 17.5. The molecule has 0 amide bonds. The molecule has 0 atom stereocenters. The Morgan fingerprint density at radius 1 is 1.04 bits per heavy atom. The van der Waals surface area contributed by atoms with Crippen molar-refractivity contribution in [1.29, 1.82) is 0 Å². The van der Waals surface area contributed by atoms with Gasteiger partial charge in [0, 0.05) is 12.1 Å². The van der Waals surface area contributed by atoms with Crippen molar-refractivity contribution in [3.63, 3.8) is 0 Å².